The van der Waals surface area contributed by atoms with Gasteiger partial charge in [0.25, 0.3) is 5.56 Å². The predicted octanol–water partition coefficient (Wildman–Crippen LogP) is 2.50. The van der Waals surface area contributed by atoms with E-state index in [4.69, 9.17) is 39.1 Å². The highest BCUT2D eigenvalue weighted by Gasteiger charge is 2.25. The lowest BCUT2D eigenvalue weighted by atomic mass is 10.2. The maximum absolute atomic E-state index is 13.8. The Kier molecular flexibility index (Phi) is 7.10. The van der Waals surface area contributed by atoms with Crippen LogP contribution in [0.15, 0.2) is 87.3 Å². The van der Waals surface area contributed by atoms with E-state index in [-0.39, 0.29) is 28.4 Å². The summed E-state index contributed by atoms with van der Waals surface area (Å²) in [6, 6.07) is 19.0. The number of hydrogen-bond acceptors (Lipinski definition) is 6. The highest BCUT2D eigenvalue weighted by molar-refractivity contribution is 7.89. The van der Waals surface area contributed by atoms with Gasteiger partial charge in [0.2, 0.25) is 15.9 Å². The first-order valence-corrected chi connectivity index (χ1v) is 13.9. The average Bonchev–Trinajstić information content (AvgIpc) is 3.30. The minimum atomic E-state index is -3.93. The van der Waals surface area contributed by atoms with Crippen LogP contribution in [0.3, 0.4) is 0 Å². The highest BCUT2D eigenvalue weighted by Crippen LogP contribution is 2.32. The molecule has 2 heterocycles. The average molecular weight is 599 g/mol. The van der Waals surface area contributed by atoms with E-state index in [1.165, 1.54) is 33.4 Å². The summed E-state index contributed by atoms with van der Waals surface area (Å²) in [7, 11) is -3.93. The third-order valence-electron chi connectivity index (χ3n) is 6.13. The van der Waals surface area contributed by atoms with Crippen LogP contribution in [0.5, 0.6) is 0 Å². The summed E-state index contributed by atoms with van der Waals surface area (Å²) in [6.07, 6.45) is 0. The standard InChI is InChI=1S/C26H20Cl2N6O5S/c27-16-7-9-17(10-8-16)34-22-24(31-23(34)19-3-1-2-4-20(19)28)32(26(37)33(25(22)36)14-21(29)35)13-15-5-11-18(12-6-15)40(30,38)39/h1-12H,13-14H2,(H2,29,35)(H2,30,38,39). The number of amides is 1. The molecule has 2 aromatic heterocycles. The molecule has 0 fully saturated rings. The number of carbonyl (C=O) groups excluding carboxylic acids is 1. The van der Waals surface area contributed by atoms with Gasteiger partial charge in [-0.2, -0.15) is 0 Å². The third-order valence-corrected chi connectivity index (χ3v) is 7.64. The van der Waals surface area contributed by atoms with Crippen molar-refractivity contribution in [3.63, 3.8) is 0 Å². The van der Waals surface area contributed by atoms with Crippen LogP contribution in [0.1, 0.15) is 5.56 Å². The molecule has 0 aliphatic rings. The Bertz CT molecular complexity index is 2010. The van der Waals surface area contributed by atoms with Gasteiger partial charge in [-0.05, 0) is 54.1 Å². The van der Waals surface area contributed by atoms with Crippen LogP contribution in [0.4, 0.5) is 0 Å². The molecule has 0 aliphatic carbocycles. The zero-order valence-electron chi connectivity index (χ0n) is 20.5. The smallest absolute Gasteiger partial charge is 0.333 e. The van der Waals surface area contributed by atoms with Gasteiger partial charge in [-0.3, -0.25) is 18.7 Å². The molecule has 5 aromatic rings. The monoisotopic (exact) mass is 598 g/mol. The Morgan fingerprint density at radius 2 is 1.55 bits per heavy atom. The van der Waals surface area contributed by atoms with E-state index < -0.39 is 33.7 Å². The maximum Gasteiger partial charge on any atom is 0.333 e. The summed E-state index contributed by atoms with van der Waals surface area (Å²) >= 11 is 12.6. The van der Waals surface area contributed by atoms with Gasteiger partial charge in [-0.25, -0.2) is 27.9 Å². The molecule has 5 rings (SSSR count). The third kappa shape index (κ3) is 5.05. The van der Waals surface area contributed by atoms with Gasteiger partial charge in [-0.15, -0.1) is 0 Å². The first kappa shape index (κ1) is 27.3. The van der Waals surface area contributed by atoms with Crippen LogP contribution < -0.4 is 22.1 Å². The Labute approximate surface area is 236 Å². The zero-order chi connectivity index (χ0) is 28.8. The lowest BCUT2D eigenvalue weighted by molar-refractivity contribution is -0.118. The van der Waals surface area contributed by atoms with Gasteiger partial charge in [0.1, 0.15) is 12.4 Å². The molecule has 0 aliphatic heterocycles. The molecule has 0 unspecified atom stereocenters. The van der Waals surface area contributed by atoms with E-state index >= 15 is 0 Å². The molecule has 0 atom stereocenters. The van der Waals surface area contributed by atoms with Crippen LogP contribution >= 0.6 is 23.2 Å². The van der Waals surface area contributed by atoms with Crippen LogP contribution in [0.2, 0.25) is 10.0 Å². The molecule has 40 heavy (non-hydrogen) atoms. The van der Waals surface area contributed by atoms with Gasteiger partial charge in [0, 0.05) is 16.3 Å². The lowest BCUT2D eigenvalue weighted by Crippen LogP contribution is -2.43. The second kappa shape index (κ2) is 10.4. The minimum absolute atomic E-state index is 0.0103. The summed E-state index contributed by atoms with van der Waals surface area (Å²) < 4.78 is 26.8. The van der Waals surface area contributed by atoms with E-state index in [1.807, 2.05) is 0 Å². The molecule has 4 N–H and O–H groups in total. The Morgan fingerprint density at radius 3 is 2.15 bits per heavy atom. The molecular weight excluding hydrogens is 579 g/mol. The molecule has 14 heteroatoms. The van der Waals surface area contributed by atoms with Gasteiger partial charge < -0.3 is 5.73 Å². The summed E-state index contributed by atoms with van der Waals surface area (Å²) in [5.74, 6) is -0.638. The van der Waals surface area contributed by atoms with Crippen molar-refractivity contribution in [3.05, 3.63) is 109 Å². The van der Waals surface area contributed by atoms with Crippen molar-refractivity contribution < 1.29 is 13.2 Å². The normalized spacial score (nSPS) is 11.7. The van der Waals surface area contributed by atoms with Crippen LogP contribution in [-0.4, -0.2) is 33.0 Å². The van der Waals surface area contributed by atoms with Gasteiger partial charge in [-0.1, -0.05) is 47.5 Å². The second-order valence-electron chi connectivity index (χ2n) is 8.81. The Morgan fingerprint density at radius 1 is 0.900 bits per heavy atom. The number of nitrogens with zero attached hydrogens (tertiary/aromatic N) is 4. The number of fused-ring (bicyclic) bond motifs is 1. The molecule has 11 nitrogen and oxygen atoms in total. The van der Waals surface area contributed by atoms with Crippen LogP contribution in [0.25, 0.3) is 28.2 Å². The molecule has 3 aromatic carbocycles. The quantitative estimate of drug-likeness (QED) is 0.292. The topological polar surface area (TPSA) is 165 Å². The number of nitrogens with two attached hydrogens (primary N) is 2. The van der Waals surface area contributed by atoms with Gasteiger partial charge in [0.05, 0.1) is 16.5 Å². The number of halogens is 2. The summed E-state index contributed by atoms with van der Waals surface area (Å²) in [5.41, 5.74) is 5.22. The van der Waals surface area contributed by atoms with Crippen molar-refractivity contribution in [3.8, 4) is 17.1 Å². The molecule has 0 saturated heterocycles. The van der Waals surface area contributed by atoms with Crippen molar-refractivity contribution in [2.75, 3.05) is 0 Å². The number of benzene rings is 3. The first-order valence-electron chi connectivity index (χ1n) is 11.6. The minimum Gasteiger partial charge on any atom is -0.368 e. The molecule has 0 saturated carbocycles. The van der Waals surface area contributed by atoms with Gasteiger partial charge in [0.15, 0.2) is 11.2 Å². The fourth-order valence-electron chi connectivity index (χ4n) is 4.31. The van der Waals surface area contributed by atoms with Crippen LogP contribution in [0, 0.1) is 0 Å². The number of rotatable bonds is 7. The number of primary sulfonamides is 1. The number of sulfonamides is 1. The number of carbonyl (C=O) groups is 1. The highest BCUT2D eigenvalue weighted by atomic mass is 35.5. The molecular formula is C26H20Cl2N6O5S. The van der Waals surface area contributed by atoms with Gasteiger partial charge >= 0.3 is 5.69 Å². The van der Waals surface area contributed by atoms with E-state index in [0.717, 1.165) is 4.57 Å². The van der Waals surface area contributed by atoms with E-state index in [2.05, 4.69) is 0 Å². The first-order chi connectivity index (χ1) is 19.0. The largest absolute Gasteiger partial charge is 0.368 e. The fourth-order valence-corrected chi connectivity index (χ4v) is 5.17. The molecule has 0 radical (unpaired) electrons. The van der Waals surface area contributed by atoms with Crippen LogP contribution in [-0.2, 0) is 27.9 Å². The fraction of sp³-hybridized carbons (Fsp3) is 0.0769. The van der Waals surface area contributed by atoms with Crippen molar-refractivity contribution in [2.45, 2.75) is 18.0 Å². The summed E-state index contributed by atoms with van der Waals surface area (Å²) in [6.45, 7) is -0.802. The number of hydrogen-bond donors (Lipinski definition) is 2. The maximum atomic E-state index is 13.8. The Balaban J connectivity index is 1.87. The zero-order valence-corrected chi connectivity index (χ0v) is 22.8. The predicted molar refractivity (Wildman–Crippen MR) is 151 cm³/mol. The second-order valence-corrected chi connectivity index (χ2v) is 11.2. The lowest BCUT2D eigenvalue weighted by Gasteiger charge is -2.13. The molecule has 204 valence electrons. The molecule has 0 spiro atoms. The summed E-state index contributed by atoms with van der Waals surface area (Å²) in [4.78, 5) is 43.8. The summed E-state index contributed by atoms with van der Waals surface area (Å²) in [5, 5.41) is 6.00. The SMILES string of the molecule is NC(=O)Cn1c(=O)c2c(nc(-c3ccccc3Cl)n2-c2ccc(Cl)cc2)n(Cc2ccc(S(N)(=O)=O)cc2)c1=O. The van der Waals surface area contributed by atoms with E-state index in [1.54, 1.807) is 48.5 Å². The Hall–Kier alpha value is -4.23. The molecule has 1 amide bonds. The van der Waals surface area contributed by atoms with E-state index in [0.29, 0.717) is 26.9 Å². The van der Waals surface area contributed by atoms with Crippen molar-refractivity contribution in [1.29, 1.82) is 0 Å². The molecule has 0 bridgehead atoms. The van der Waals surface area contributed by atoms with Crippen molar-refractivity contribution in [1.82, 2.24) is 18.7 Å². The van der Waals surface area contributed by atoms with Crippen molar-refractivity contribution >= 4 is 50.3 Å². The van der Waals surface area contributed by atoms with E-state index in [9.17, 15) is 22.8 Å². The number of aromatic nitrogens is 4. The number of imidazole rings is 1. The van der Waals surface area contributed by atoms with Crippen molar-refractivity contribution in [2.24, 2.45) is 10.9 Å². The number of primary amides is 1.